The number of hydrogen-bond acceptors (Lipinski definition) is 6. The molecule has 2 heterocycles. The Kier molecular flexibility index (Phi) is 5.26. The number of carboxylic acid groups (broad SMARTS) is 1. The third-order valence-electron chi connectivity index (χ3n) is 3.25. The standard InChI is InChI=1S/C10H15NO6S2.Na.H/c1-10(2)6(9(13)14)11-7(12)5(8(11)18-10)4-17-19(3,15)16;;/h5-6,8H,4H2,1-3H3,(H,13,14);;/t5-,6+,8-;;/m1../s1. The fourth-order valence-corrected chi connectivity index (χ4v) is 4.50. The van der Waals surface area contributed by atoms with Crippen molar-refractivity contribution in [3.05, 3.63) is 0 Å². The minimum absolute atomic E-state index is 0. The molecule has 0 aliphatic carbocycles. The Morgan fingerprint density at radius 1 is 1.50 bits per heavy atom. The molecule has 2 aliphatic heterocycles. The monoisotopic (exact) mass is 333 g/mol. The second-order valence-electron chi connectivity index (χ2n) is 5.19. The number of rotatable bonds is 4. The molecule has 1 amide bonds. The first kappa shape index (κ1) is 18.2. The van der Waals surface area contributed by atoms with E-state index in [9.17, 15) is 23.1 Å². The van der Waals surface area contributed by atoms with Gasteiger partial charge in [0.05, 0.1) is 24.2 Å². The number of nitrogens with zero attached hydrogens (tertiary/aromatic N) is 1. The van der Waals surface area contributed by atoms with Crippen LogP contribution in [0.1, 0.15) is 13.8 Å². The number of carboxylic acids is 1. The summed E-state index contributed by atoms with van der Waals surface area (Å²) in [7, 11) is -3.60. The van der Waals surface area contributed by atoms with Gasteiger partial charge in [0.1, 0.15) is 6.04 Å². The van der Waals surface area contributed by atoms with Crippen LogP contribution in [0.3, 0.4) is 0 Å². The summed E-state index contributed by atoms with van der Waals surface area (Å²) in [6, 6.07) is -0.885. The minimum atomic E-state index is -3.60. The molecule has 1 N–H and O–H groups in total. The number of hydrogen-bond donors (Lipinski definition) is 1. The van der Waals surface area contributed by atoms with Crippen LogP contribution in [0.5, 0.6) is 0 Å². The molecule has 0 aromatic carbocycles. The normalized spacial score (nSPS) is 31.2. The maximum absolute atomic E-state index is 11.9. The van der Waals surface area contributed by atoms with Gasteiger partial charge in [-0.1, -0.05) is 0 Å². The van der Waals surface area contributed by atoms with Gasteiger partial charge < -0.3 is 10.0 Å². The molecule has 0 aromatic rings. The molecule has 0 saturated carbocycles. The predicted octanol–water partition coefficient (Wildman–Crippen LogP) is -0.923. The fraction of sp³-hybridized carbons (Fsp3) is 0.800. The van der Waals surface area contributed by atoms with Crippen molar-refractivity contribution in [1.82, 2.24) is 4.90 Å². The van der Waals surface area contributed by atoms with Gasteiger partial charge in [-0.2, -0.15) is 8.42 Å². The SMILES string of the molecule is CC1(C)S[C@@H]2[C@H](COS(C)(=O)=O)C(=O)N2[C@H]1C(=O)O.[NaH]. The number of carbonyl (C=O) groups excluding carboxylic acids is 1. The fourth-order valence-electron chi connectivity index (χ4n) is 2.44. The number of fused-ring (bicyclic) bond motifs is 1. The van der Waals surface area contributed by atoms with E-state index in [-0.39, 0.29) is 47.4 Å². The van der Waals surface area contributed by atoms with Gasteiger partial charge in [-0.15, -0.1) is 11.8 Å². The molecule has 0 unspecified atom stereocenters. The molecule has 2 fully saturated rings. The summed E-state index contributed by atoms with van der Waals surface area (Å²) in [5.41, 5.74) is 0. The van der Waals surface area contributed by atoms with Crippen LogP contribution in [0.25, 0.3) is 0 Å². The Balaban J connectivity index is 0.00000200. The summed E-state index contributed by atoms with van der Waals surface area (Å²) >= 11 is 1.37. The Morgan fingerprint density at radius 3 is 2.50 bits per heavy atom. The Morgan fingerprint density at radius 2 is 2.05 bits per heavy atom. The summed E-state index contributed by atoms with van der Waals surface area (Å²) in [4.78, 5) is 24.5. The van der Waals surface area contributed by atoms with Crippen LogP contribution in [0.15, 0.2) is 0 Å². The number of aliphatic carboxylic acids is 1. The molecular weight excluding hydrogens is 317 g/mol. The summed E-state index contributed by atoms with van der Waals surface area (Å²) in [6.07, 6.45) is 0.916. The van der Waals surface area contributed by atoms with Crippen LogP contribution in [0, 0.1) is 5.92 Å². The molecule has 110 valence electrons. The van der Waals surface area contributed by atoms with Gasteiger partial charge in [-0.3, -0.25) is 8.98 Å². The van der Waals surface area contributed by atoms with Crippen LogP contribution < -0.4 is 0 Å². The molecule has 10 heteroatoms. The van der Waals surface area contributed by atoms with Crippen molar-refractivity contribution in [1.29, 1.82) is 0 Å². The average molecular weight is 333 g/mol. The molecule has 7 nitrogen and oxygen atoms in total. The molecule has 2 rings (SSSR count). The predicted molar refractivity (Wildman–Crippen MR) is 75.2 cm³/mol. The molecule has 2 saturated heterocycles. The Hall–Kier alpha value is 0.200. The van der Waals surface area contributed by atoms with Gasteiger partial charge in [0.25, 0.3) is 10.1 Å². The van der Waals surface area contributed by atoms with Crippen molar-refractivity contribution in [2.45, 2.75) is 30.0 Å². The second-order valence-corrected chi connectivity index (χ2v) is 8.61. The van der Waals surface area contributed by atoms with E-state index in [2.05, 4.69) is 4.18 Å². The second kappa shape index (κ2) is 5.77. The van der Waals surface area contributed by atoms with E-state index in [4.69, 9.17) is 0 Å². The van der Waals surface area contributed by atoms with Crippen molar-refractivity contribution >= 4 is 63.3 Å². The summed E-state index contributed by atoms with van der Waals surface area (Å²) < 4.78 is 25.9. The van der Waals surface area contributed by atoms with Crippen LogP contribution in [-0.2, 0) is 23.9 Å². The summed E-state index contributed by atoms with van der Waals surface area (Å²) in [6.45, 7) is 3.29. The zero-order valence-corrected chi connectivity index (χ0v) is 12.3. The summed E-state index contributed by atoms with van der Waals surface area (Å²) in [5, 5.41) is 8.87. The first-order chi connectivity index (χ1) is 8.54. The van der Waals surface area contributed by atoms with Gasteiger partial charge in [-0.25, -0.2) is 4.79 Å². The third kappa shape index (κ3) is 3.17. The number of amides is 1. The van der Waals surface area contributed by atoms with Gasteiger partial charge in [0.15, 0.2) is 0 Å². The topological polar surface area (TPSA) is 101 Å². The first-order valence-corrected chi connectivity index (χ1v) is 8.31. The van der Waals surface area contributed by atoms with Crippen LogP contribution >= 0.6 is 11.8 Å². The van der Waals surface area contributed by atoms with Crippen LogP contribution in [-0.4, -0.2) is 88.9 Å². The molecule has 0 spiro atoms. The summed E-state index contributed by atoms with van der Waals surface area (Å²) in [5.74, 6) is -2.00. The van der Waals surface area contributed by atoms with Gasteiger partial charge in [0.2, 0.25) is 5.91 Å². The van der Waals surface area contributed by atoms with Crippen molar-refractivity contribution in [2.75, 3.05) is 12.9 Å². The first-order valence-electron chi connectivity index (χ1n) is 5.62. The molecular formula is C10H16NNaO6S2. The Labute approximate surface area is 143 Å². The van der Waals surface area contributed by atoms with Crippen LogP contribution in [0.4, 0.5) is 0 Å². The van der Waals surface area contributed by atoms with Gasteiger partial charge in [-0.05, 0) is 13.8 Å². The van der Waals surface area contributed by atoms with Gasteiger partial charge in [0, 0.05) is 4.75 Å². The van der Waals surface area contributed by atoms with Gasteiger partial charge >= 0.3 is 35.5 Å². The zero-order chi connectivity index (χ0) is 14.6. The van der Waals surface area contributed by atoms with Crippen molar-refractivity contribution in [3.63, 3.8) is 0 Å². The molecule has 0 aromatic heterocycles. The van der Waals surface area contributed by atoms with E-state index in [0.29, 0.717) is 0 Å². The van der Waals surface area contributed by atoms with Crippen LogP contribution in [0.2, 0.25) is 0 Å². The van der Waals surface area contributed by atoms with Crippen molar-refractivity contribution < 1.29 is 27.3 Å². The van der Waals surface area contributed by atoms with E-state index in [1.54, 1.807) is 13.8 Å². The zero-order valence-electron chi connectivity index (χ0n) is 10.7. The van der Waals surface area contributed by atoms with E-state index in [1.165, 1.54) is 16.7 Å². The Bertz CT molecular complexity index is 534. The average Bonchev–Trinajstić information content (AvgIpc) is 2.45. The van der Waals surface area contributed by atoms with E-state index in [0.717, 1.165) is 6.26 Å². The molecule has 3 atom stereocenters. The number of thioether (sulfide) groups is 1. The quantitative estimate of drug-likeness (QED) is 0.403. The number of β-lactam (4-membered cyclic amide) rings is 1. The molecule has 2 aliphatic rings. The van der Waals surface area contributed by atoms with Crippen molar-refractivity contribution in [3.8, 4) is 0 Å². The number of carbonyl (C=O) groups is 2. The van der Waals surface area contributed by atoms with E-state index >= 15 is 0 Å². The maximum atomic E-state index is 11.9. The van der Waals surface area contributed by atoms with E-state index < -0.39 is 32.8 Å². The molecule has 20 heavy (non-hydrogen) atoms. The molecule has 0 radical (unpaired) electrons. The van der Waals surface area contributed by atoms with Crippen molar-refractivity contribution in [2.24, 2.45) is 5.92 Å². The molecule has 0 bridgehead atoms. The van der Waals surface area contributed by atoms with E-state index in [1.807, 2.05) is 0 Å². The third-order valence-corrected chi connectivity index (χ3v) is 5.44.